The van der Waals surface area contributed by atoms with Gasteiger partial charge < -0.3 is 4.74 Å². The molecular weight excluding hydrogens is 143 g/mol. The van der Waals surface area contributed by atoms with Crippen LogP contribution in [0.2, 0.25) is 0 Å². The number of rotatable bonds is 0. The fraction of sp³-hybridized carbons (Fsp3) is 0.556. The van der Waals surface area contributed by atoms with E-state index >= 15 is 0 Å². The van der Waals surface area contributed by atoms with Crippen molar-refractivity contribution in [2.24, 2.45) is 0 Å². The molecule has 2 heteroatoms. The third-order valence-corrected chi connectivity index (χ3v) is 2.11. The third-order valence-electron chi connectivity index (χ3n) is 2.11. The van der Waals surface area contributed by atoms with Crippen LogP contribution in [0.25, 0.3) is 0 Å². The van der Waals surface area contributed by atoms with E-state index in [9.17, 15) is 4.39 Å². The first-order valence-corrected chi connectivity index (χ1v) is 4.03. The monoisotopic (exact) mass is 154 g/mol. The van der Waals surface area contributed by atoms with Crippen molar-refractivity contribution in [2.45, 2.75) is 25.4 Å². The lowest BCUT2D eigenvalue weighted by Gasteiger charge is -2.23. The van der Waals surface area contributed by atoms with Gasteiger partial charge in [0.1, 0.15) is 11.9 Å². The normalized spacial score (nSPS) is 29.7. The van der Waals surface area contributed by atoms with Crippen LogP contribution in [0, 0.1) is 0 Å². The molecule has 0 aromatic carbocycles. The van der Waals surface area contributed by atoms with E-state index in [0.29, 0.717) is 6.42 Å². The summed E-state index contributed by atoms with van der Waals surface area (Å²) in [7, 11) is 0. The summed E-state index contributed by atoms with van der Waals surface area (Å²) in [5.41, 5.74) is 1.20. The van der Waals surface area contributed by atoms with Crippen LogP contribution in [0.3, 0.4) is 0 Å². The molecule has 0 aromatic heterocycles. The molecule has 1 unspecified atom stereocenters. The van der Waals surface area contributed by atoms with E-state index < -0.39 is 6.17 Å². The molecule has 0 aromatic rings. The maximum Gasteiger partial charge on any atom is 0.126 e. The minimum absolute atomic E-state index is 0.450. The number of hydrogen-bond acceptors (Lipinski definition) is 1. The number of alkyl halides is 1. The molecule has 0 bridgehead atoms. The number of hydrogen-bond donors (Lipinski definition) is 0. The van der Waals surface area contributed by atoms with Crippen LogP contribution in [0.4, 0.5) is 4.39 Å². The van der Waals surface area contributed by atoms with Crippen LogP contribution in [0.1, 0.15) is 19.3 Å². The van der Waals surface area contributed by atoms with Gasteiger partial charge in [-0.25, -0.2) is 4.39 Å². The first kappa shape index (κ1) is 6.89. The Kier molecular flexibility index (Phi) is 1.68. The molecule has 2 rings (SSSR count). The lowest BCUT2D eigenvalue weighted by atomic mass is 9.98. The second kappa shape index (κ2) is 2.68. The topological polar surface area (TPSA) is 9.23 Å². The van der Waals surface area contributed by atoms with Gasteiger partial charge in [0.2, 0.25) is 0 Å². The summed E-state index contributed by atoms with van der Waals surface area (Å²) in [6.07, 6.45) is 5.23. The molecule has 1 heterocycles. The first-order chi connectivity index (χ1) is 5.36. The van der Waals surface area contributed by atoms with E-state index in [2.05, 4.69) is 0 Å². The van der Waals surface area contributed by atoms with Crippen molar-refractivity contribution in [1.82, 2.24) is 0 Å². The predicted octanol–water partition coefficient (Wildman–Crippen LogP) is 2.35. The van der Waals surface area contributed by atoms with E-state index in [1.165, 1.54) is 5.57 Å². The first-order valence-electron chi connectivity index (χ1n) is 4.03. The van der Waals surface area contributed by atoms with E-state index in [1.807, 2.05) is 6.08 Å². The van der Waals surface area contributed by atoms with Crippen molar-refractivity contribution in [2.75, 3.05) is 6.61 Å². The fourth-order valence-corrected chi connectivity index (χ4v) is 1.52. The zero-order valence-corrected chi connectivity index (χ0v) is 6.35. The Bertz CT molecular complexity index is 218. The SMILES string of the molecule is FC1C=CC2=C(C1)OCCC2. The van der Waals surface area contributed by atoms with Crippen molar-refractivity contribution in [3.8, 4) is 0 Å². The van der Waals surface area contributed by atoms with E-state index in [0.717, 1.165) is 25.2 Å². The van der Waals surface area contributed by atoms with Crippen molar-refractivity contribution >= 4 is 0 Å². The Morgan fingerprint density at radius 2 is 2.45 bits per heavy atom. The summed E-state index contributed by atoms with van der Waals surface area (Å²) in [6, 6.07) is 0. The van der Waals surface area contributed by atoms with Gasteiger partial charge in [-0.1, -0.05) is 6.08 Å². The molecule has 0 fully saturated rings. The van der Waals surface area contributed by atoms with Gasteiger partial charge in [0.05, 0.1) is 6.61 Å². The number of halogens is 1. The molecule has 0 N–H and O–H groups in total. The number of allylic oxidation sites excluding steroid dienone is 4. The molecule has 1 atom stereocenters. The highest BCUT2D eigenvalue weighted by Crippen LogP contribution is 2.28. The summed E-state index contributed by atoms with van der Waals surface area (Å²) in [6.45, 7) is 0.763. The quantitative estimate of drug-likeness (QED) is 0.520. The maximum atomic E-state index is 12.8. The van der Waals surface area contributed by atoms with Gasteiger partial charge in [-0.2, -0.15) is 0 Å². The van der Waals surface area contributed by atoms with E-state index in [-0.39, 0.29) is 0 Å². The highest BCUT2D eigenvalue weighted by atomic mass is 19.1. The molecule has 11 heavy (non-hydrogen) atoms. The minimum atomic E-state index is -0.827. The van der Waals surface area contributed by atoms with Gasteiger partial charge >= 0.3 is 0 Å². The molecular formula is C9H11FO. The molecule has 0 spiro atoms. The highest BCUT2D eigenvalue weighted by molar-refractivity contribution is 5.29. The van der Waals surface area contributed by atoms with Crippen molar-refractivity contribution in [3.63, 3.8) is 0 Å². The minimum Gasteiger partial charge on any atom is -0.498 e. The zero-order chi connectivity index (χ0) is 7.68. The van der Waals surface area contributed by atoms with Gasteiger partial charge in [0.25, 0.3) is 0 Å². The molecule has 0 saturated carbocycles. The molecule has 1 nitrogen and oxygen atoms in total. The summed E-state index contributed by atoms with van der Waals surface area (Å²) in [5, 5.41) is 0. The maximum absolute atomic E-state index is 12.8. The fourth-order valence-electron chi connectivity index (χ4n) is 1.52. The van der Waals surface area contributed by atoms with Gasteiger partial charge in [0, 0.05) is 6.42 Å². The molecule has 2 aliphatic rings. The highest BCUT2D eigenvalue weighted by Gasteiger charge is 2.19. The van der Waals surface area contributed by atoms with Gasteiger partial charge in [-0.15, -0.1) is 0 Å². The Morgan fingerprint density at radius 3 is 3.36 bits per heavy atom. The lowest BCUT2D eigenvalue weighted by Crippen LogP contribution is -2.13. The van der Waals surface area contributed by atoms with Crippen LogP contribution in [-0.4, -0.2) is 12.8 Å². The smallest absolute Gasteiger partial charge is 0.126 e. The van der Waals surface area contributed by atoms with Gasteiger partial charge in [-0.3, -0.25) is 0 Å². The van der Waals surface area contributed by atoms with Crippen LogP contribution in [0.5, 0.6) is 0 Å². The average molecular weight is 154 g/mol. The van der Waals surface area contributed by atoms with Crippen molar-refractivity contribution in [3.05, 3.63) is 23.5 Å². The Labute approximate surface area is 65.5 Å². The van der Waals surface area contributed by atoms with Crippen LogP contribution in [0.15, 0.2) is 23.5 Å². The summed E-state index contributed by atoms with van der Waals surface area (Å²) in [5.74, 6) is 0.881. The summed E-state index contributed by atoms with van der Waals surface area (Å²) < 4.78 is 18.1. The Balaban J connectivity index is 2.20. The van der Waals surface area contributed by atoms with Gasteiger partial charge in [-0.05, 0) is 24.5 Å². The van der Waals surface area contributed by atoms with Crippen LogP contribution in [-0.2, 0) is 4.74 Å². The average Bonchev–Trinajstić information content (AvgIpc) is 2.04. The van der Waals surface area contributed by atoms with E-state index in [4.69, 9.17) is 4.74 Å². The summed E-state index contributed by atoms with van der Waals surface area (Å²) >= 11 is 0. The predicted molar refractivity (Wildman–Crippen MR) is 40.9 cm³/mol. The van der Waals surface area contributed by atoms with Gasteiger partial charge in [0.15, 0.2) is 0 Å². The third kappa shape index (κ3) is 1.30. The van der Waals surface area contributed by atoms with Crippen LogP contribution >= 0.6 is 0 Å². The molecule has 0 radical (unpaired) electrons. The molecule has 1 aliphatic heterocycles. The van der Waals surface area contributed by atoms with Crippen molar-refractivity contribution < 1.29 is 9.13 Å². The second-order valence-electron chi connectivity index (χ2n) is 2.98. The van der Waals surface area contributed by atoms with Crippen molar-refractivity contribution in [1.29, 1.82) is 0 Å². The van der Waals surface area contributed by atoms with E-state index in [1.54, 1.807) is 6.08 Å². The van der Waals surface area contributed by atoms with Crippen LogP contribution < -0.4 is 0 Å². The lowest BCUT2D eigenvalue weighted by molar-refractivity contribution is 0.164. The standard InChI is InChI=1S/C9H11FO/c10-8-4-3-7-2-1-5-11-9(7)6-8/h3-4,8H,1-2,5-6H2. The molecule has 0 amide bonds. The number of ether oxygens (including phenoxy) is 1. The Morgan fingerprint density at radius 1 is 1.55 bits per heavy atom. The Hall–Kier alpha value is -0.790. The summed E-state index contributed by atoms with van der Waals surface area (Å²) in [4.78, 5) is 0. The zero-order valence-electron chi connectivity index (χ0n) is 6.35. The molecule has 60 valence electrons. The largest absolute Gasteiger partial charge is 0.498 e. The molecule has 0 saturated heterocycles. The second-order valence-corrected chi connectivity index (χ2v) is 2.98. The molecule has 1 aliphatic carbocycles.